The van der Waals surface area contributed by atoms with E-state index < -0.39 is 38.5 Å². The molecule has 2 amide bonds. The molecule has 3 heterocycles. The van der Waals surface area contributed by atoms with Crippen molar-refractivity contribution in [3.63, 3.8) is 0 Å². The molecule has 2 atom stereocenters. The minimum atomic E-state index is -4.85. The molecule has 1 aromatic heterocycles. The summed E-state index contributed by atoms with van der Waals surface area (Å²) in [5.74, 6) is -0.270. The van der Waals surface area contributed by atoms with Crippen molar-refractivity contribution in [2.24, 2.45) is 10.1 Å². The summed E-state index contributed by atoms with van der Waals surface area (Å²) in [5.41, 5.74) is 5.81. The van der Waals surface area contributed by atoms with E-state index in [-0.39, 0.29) is 23.0 Å². The Labute approximate surface area is 147 Å². The number of amides is 2. The van der Waals surface area contributed by atoms with E-state index in [4.69, 9.17) is 10.3 Å². The Morgan fingerprint density at radius 3 is 2.68 bits per heavy atom. The molecule has 2 fully saturated rings. The van der Waals surface area contributed by atoms with Gasteiger partial charge in [0, 0.05) is 6.54 Å². The lowest BCUT2D eigenvalue weighted by Crippen LogP contribution is -2.48. The average molecular weight is 410 g/mol. The second-order valence-corrected chi connectivity index (χ2v) is 9.22. The van der Waals surface area contributed by atoms with Gasteiger partial charge in [-0.3, -0.25) is 4.55 Å². The molecule has 3 N–H and O–H groups in total. The maximum absolute atomic E-state index is 12.3. The van der Waals surface area contributed by atoms with Crippen LogP contribution in [0.4, 0.5) is 4.79 Å². The fraction of sp³-hybridized carbons (Fsp3) is 0.455. The molecule has 2 saturated heterocycles. The molecule has 2 aliphatic rings. The standard InChI is InChI=1S/C11H14N4O7S3/c12-10(13-24(17,18)9-2-1-5-23-9)8-4-3-7-6-14(8)11(16)15(7)22-25(19,20)21/h1-2,5,7-8H,3-4,6H2,(H2,12,13)(H,19,20,21)/t7-,8+/m1/s1. The Morgan fingerprint density at radius 1 is 1.36 bits per heavy atom. The first-order chi connectivity index (χ1) is 11.6. The van der Waals surface area contributed by atoms with Crippen LogP contribution in [0.25, 0.3) is 0 Å². The number of nitrogens with two attached hydrogens (primary N) is 1. The summed E-state index contributed by atoms with van der Waals surface area (Å²) in [7, 11) is -8.83. The van der Waals surface area contributed by atoms with Gasteiger partial charge in [0.15, 0.2) is 0 Å². The number of sulfonamides is 1. The third-order valence-electron chi connectivity index (χ3n) is 3.81. The minimum absolute atomic E-state index is 0.0215. The van der Waals surface area contributed by atoms with E-state index in [1.165, 1.54) is 11.0 Å². The van der Waals surface area contributed by atoms with Gasteiger partial charge in [-0.25, -0.2) is 4.79 Å². The van der Waals surface area contributed by atoms with Gasteiger partial charge in [-0.2, -0.15) is 21.9 Å². The normalized spacial score (nSPS) is 24.8. The van der Waals surface area contributed by atoms with E-state index in [0.29, 0.717) is 11.5 Å². The highest BCUT2D eigenvalue weighted by molar-refractivity contribution is 7.92. The maximum Gasteiger partial charge on any atom is 0.418 e. The summed E-state index contributed by atoms with van der Waals surface area (Å²) in [6.07, 6.45) is 0.578. The second-order valence-electron chi connectivity index (χ2n) is 5.43. The van der Waals surface area contributed by atoms with Gasteiger partial charge in [0.25, 0.3) is 10.0 Å². The van der Waals surface area contributed by atoms with Gasteiger partial charge in [0.1, 0.15) is 10.0 Å². The van der Waals surface area contributed by atoms with Crippen molar-refractivity contribution in [1.82, 2.24) is 9.96 Å². The molecule has 3 rings (SSSR count). The number of carbonyl (C=O) groups is 1. The SMILES string of the molecule is NC(=NS(=O)(=O)c1cccs1)[C@@H]1CC[C@@H]2CN1C(=O)N2OS(=O)(=O)O. The molecule has 14 heteroatoms. The van der Waals surface area contributed by atoms with E-state index in [1.54, 1.807) is 11.4 Å². The first kappa shape index (κ1) is 18.1. The fourth-order valence-electron chi connectivity index (χ4n) is 2.79. The number of hydroxylamine groups is 2. The van der Waals surface area contributed by atoms with Gasteiger partial charge in [-0.15, -0.1) is 20.0 Å². The van der Waals surface area contributed by atoms with Gasteiger partial charge >= 0.3 is 16.4 Å². The van der Waals surface area contributed by atoms with Gasteiger partial charge in [0.2, 0.25) is 0 Å². The molecule has 25 heavy (non-hydrogen) atoms. The molecule has 0 unspecified atom stereocenters. The maximum atomic E-state index is 12.3. The van der Waals surface area contributed by atoms with Crippen LogP contribution < -0.4 is 5.73 Å². The summed E-state index contributed by atoms with van der Waals surface area (Å²) in [6.45, 7) is 0.0777. The zero-order valence-corrected chi connectivity index (χ0v) is 15.0. The van der Waals surface area contributed by atoms with E-state index >= 15 is 0 Å². The van der Waals surface area contributed by atoms with Gasteiger partial charge in [0.05, 0.1) is 12.1 Å². The van der Waals surface area contributed by atoms with Crippen LogP contribution in [-0.2, 0) is 24.7 Å². The highest BCUT2D eigenvalue weighted by Crippen LogP contribution is 2.31. The van der Waals surface area contributed by atoms with Crippen LogP contribution in [0.15, 0.2) is 26.1 Å². The number of amidine groups is 1. The number of piperidine rings is 1. The Hall–Kier alpha value is -1.74. The Bertz CT molecular complexity index is 909. The monoisotopic (exact) mass is 410 g/mol. The number of nitrogens with zero attached hydrogens (tertiary/aromatic N) is 3. The first-order valence-corrected chi connectivity index (χ1v) is 10.7. The molecule has 11 nitrogen and oxygen atoms in total. The predicted molar refractivity (Wildman–Crippen MR) is 86.5 cm³/mol. The zero-order chi connectivity index (χ0) is 18.4. The minimum Gasteiger partial charge on any atom is -0.385 e. The number of carbonyl (C=O) groups excluding carboxylic acids is 1. The van der Waals surface area contributed by atoms with Crippen LogP contribution in [-0.4, -0.2) is 61.8 Å². The predicted octanol–water partition coefficient (Wildman–Crippen LogP) is -0.203. The van der Waals surface area contributed by atoms with Crippen LogP contribution in [0.2, 0.25) is 0 Å². The smallest absolute Gasteiger partial charge is 0.385 e. The molecular weight excluding hydrogens is 396 g/mol. The van der Waals surface area contributed by atoms with E-state index in [9.17, 15) is 21.6 Å². The van der Waals surface area contributed by atoms with Crippen molar-refractivity contribution in [1.29, 1.82) is 0 Å². The number of hydrogen-bond acceptors (Lipinski definition) is 7. The number of hydrogen-bond donors (Lipinski definition) is 2. The molecule has 2 bridgehead atoms. The highest BCUT2D eigenvalue weighted by Gasteiger charge is 2.48. The quantitative estimate of drug-likeness (QED) is 0.383. The van der Waals surface area contributed by atoms with Crippen molar-refractivity contribution in [2.75, 3.05) is 6.54 Å². The van der Waals surface area contributed by atoms with Crippen molar-refractivity contribution in [3.05, 3.63) is 17.5 Å². The zero-order valence-electron chi connectivity index (χ0n) is 12.5. The van der Waals surface area contributed by atoms with Crippen LogP contribution in [0.1, 0.15) is 12.8 Å². The molecule has 0 spiro atoms. The fourth-order valence-corrected chi connectivity index (χ4v) is 5.14. The number of rotatable bonds is 5. The van der Waals surface area contributed by atoms with Crippen LogP contribution >= 0.6 is 11.3 Å². The second kappa shape index (κ2) is 6.21. The summed E-state index contributed by atoms with van der Waals surface area (Å²) in [6, 6.07) is 0.706. The van der Waals surface area contributed by atoms with Crippen LogP contribution in [0.5, 0.6) is 0 Å². The number of fused-ring (bicyclic) bond motifs is 2. The summed E-state index contributed by atoms with van der Waals surface area (Å²) in [4.78, 5) is 13.4. The number of thiophene rings is 1. The third kappa shape index (κ3) is 3.62. The van der Waals surface area contributed by atoms with Crippen molar-refractivity contribution in [3.8, 4) is 0 Å². The molecule has 0 aliphatic carbocycles. The summed E-state index contributed by atoms with van der Waals surface area (Å²) >= 11 is 0.987. The van der Waals surface area contributed by atoms with Gasteiger partial charge < -0.3 is 10.6 Å². The largest absolute Gasteiger partial charge is 0.418 e. The lowest BCUT2D eigenvalue weighted by molar-refractivity contribution is -0.0316. The summed E-state index contributed by atoms with van der Waals surface area (Å²) < 4.78 is 62.7. The average Bonchev–Trinajstić information content (AvgIpc) is 3.11. The number of urea groups is 1. The van der Waals surface area contributed by atoms with Crippen molar-refractivity contribution in [2.45, 2.75) is 29.1 Å². The third-order valence-corrected chi connectivity index (χ3v) is 6.84. The van der Waals surface area contributed by atoms with Gasteiger partial charge in [-0.1, -0.05) is 6.07 Å². The van der Waals surface area contributed by atoms with Crippen LogP contribution in [0, 0.1) is 0 Å². The first-order valence-electron chi connectivity index (χ1n) is 6.99. The Balaban J connectivity index is 1.83. The Morgan fingerprint density at radius 2 is 2.08 bits per heavy atom. The molecule has 1 aromatic rings. The summed E-state index contributed by atoms with van der Waals surface area (Å²) in [5, 5.41) is 2.13. The van der Waals surface area contributed by atoms with E-state index in [1.807, 2.05) is 0 Å². The molecule has 0 aromatic carbocycles. The van der Waals surface area contributed by atoms with Gasteiger partial charge in [-0.05, 0) is 24.3 Å². The van der Waals surface area contributed by atoms with Crippen molar-refractivity contribution >= 4 is 43.6 Å². The lowest BCUT2D eigenvalue weighted by Gasteiger charge is -2.29. The Kier molecular flexibility index (Phi) is 4.48. The molecule has 0 saturated carbocycles. The molecular formula is C11H14N4O7S3. The molecule has 2 aliphatic heterocycles. The van der Waals surface area contributed by atoms with Crippen LogP contribution in [0.3, 0.4) is 0 Å². The topological polar surface area (TPSA) is 160 Å². The van der Waals surface area contributed by atoms with E-state index in [0.717, 1.165) is 11.3 Å². The lowest BCUT2D eigenvalue weighted by atomic mass is 10.0. The molecule has 0 radical (unpaired) electrons. The molecule has 138 valence electrons. The van der Waals surface area contributed by atoms with E-state index in [2.05, 4.69) is 8.68 Å². The van der Waals surface area contributed by atoms with Crippen molar-refractivity contribution < 1.29 is 30.5 Å². The highest BCUT2D eigenvalue weighted by atomic mass is 32.3.